The van der Waals surface area contributed by atoms with Crippen molar-refractivity contribution >= 4 is 0 Å². The molecule has 3 nitrogen and oxygen atoms in total. The summed E-state index contributed by atoms with van der Waals surface area (Å²) in [5.74, 6) is 0. The standard InChI is InChI=1S/C21H29NO2/c1-2-3-4-5-17-6-10-19(11-7-17)20-12-8-18(9-13-20)14-21(22,15-23)16-24/h6-13,23-24H,2-5,14-16,22H2,1H3. The van der Waals surface area contributed by atoms with Crippen LogP contribution in [0.4, 0.5) is 0 Å². The van der Waals surface area contributed by atoms with Gasteiger partial charge in [-0.25, -0.2) is 0 Å². The molecule has 0 heterocycles. The highest BCUT2D eigenvalue weighted by molar-refractivity contribution is 5.64. The number of nitrogens with two attached hydrogens (primary N) is 1. The minimum atomic E-state index is -0.957. The van der Waals surface area contributed by atoms with Crippen LogP contribution >= 0.6 is 0 Å². The third kappa shape index (κ3) is 5.17. The van der Waals surface area contributed by atoms with Crippen LogP contribution < -0.4 is 5.73 Å². The van der Waals surface area contributed by atoms with E-state index >= 15 is 0 Å². The van der Waals surface area contributed by atoms with Crippen LogP contribution in [0.25, 0.3) is 11.1 Å². The molecule has 2 rings (SSSR count). The molecular weight excluding hydrogens is 298 g/mol. The van der Waals surface area contributed by atoms with E-state index in [9.17, 15) is 10.2 Å². The van der Waals surface area contributed by atoms with Gasteiger partial charge in [0.15, 0.2) is 0 Å². The van der Waals surface area contributed by atoms with Crippen molar-refractivity contribution in [3.63, 3.8) is 0 Å². The predicted octanol–water partition coefficient (Wildman–Crippen LogP) is 3.31. The molecule has 0 saturated heterocycles. The van der Waals surface area contributed by atoms with E-state index in [1.165, 1.54) is 30.4 Å². The van der Waals surface area contributed by atoms with Crippen molar-refractivity contribution in [1.82, 2.24) is 0 Å². The van der Waals surface area contributed by atoms with E-state index in [-0.39, 0.29) is 13.2 Å². The molecule has 0 unspecified atom stereocenters. The molecule has 0 bridgehead atoms. The molecule has 0 aliphatic carbocycles. The lowest BCUT2D eigenvalue weighted by Crippen LogP contribution is -2.49. The predicted molar refractivity (Wildman–Crippen MR) is 99.9 cm³/mol. The highest BCUT2D eigenvalue weighted by atomic mass is 16.3. The zero-order chi connectivity index (χ0) is 17.4. The van der Waals surface area contributed by atoms with Crippen LogP contribution in [-0.2, 0) is 12.8 Å². The van der Waals surface area contributed by atoms with Crippen LogP contribution in [0.5, 0.6) is 0 Å². The maximum absolute atomic E-state index is 9.30. The molecule has 24 heavy (non-hydrogen) atoms. The quantitative estimate of drug-likeness (QED) is 0.619. The van der Waals surface area contributed by atoms with Crippen LogP contribution in [0, 0.1) is 0 Å². The van der Waals surface area contributed by atoms with Crippen LogP contribution in [0.3, 0.4) is 0 Å². The second kappa shape index (κ2) is 8.97. The first-order chi connectivity index (χ1) is 11.6. The van der Waals surface area contributed by atoms with Crippen LogP contribution in [0.15, 0.2) is 48.5 Å². The molecule has 0 saturated carbocycles. The van der Waals surface area contributed by atoms with Crippen molar-refractivity contribution in [3.05, 3.63) is 59.7 Å². The fraction of sp³-hybridized carbons (Fsp3) is 0.429. The molecule has 2 aromatic carbocycles. The van der Waals surface area contributed by atoms with Gasteiger partial charge in [-0.3, -0.25) is 0 Å². The van der Waals surface area contributed by atoms with E-state index in [1.54, 1.807) is 0 Å². The summed E-state index contributed by atoms with van der Waals surface area (Å²) in [4.78, 5) is 0. The normalized spacial score (nSPS) is 11.7. The van der Waals surface area contributed by atoms with Crippen molar-refractivity contribution in [1.29, 1.82) is 0 Å². The number of aliphatic hydroxyl groups is 2. The molecular formula is C21H29NO2. The molecule has 0 fully saturated rings. The van der Waals surface area contributed by atoms with Crippen LogP contribution in [0.1, 0.15) is 37.3 Å². The summed E-state index contributed by atoms with van der Waals surface area (Å²) in [5, 5.41) is 18.6. The number of aliphatic hydroxyl groups excluding tert-OH is 2. The van der Waals surface area contributed by atoms with E-state index in [0.29, 0.717) is 6.42 Å². The number of benzene rings is 2. The van der Waals surface area contributed by atoms with Gasteiger partial charge < -0.3 is 15.9 Å². The molecule has 2 aromatic rings. The number of rotatable bonds is 9. The minimum absolute atomic E-state index is 0.231. The fourth-order valence-electron chi connectivity index (χ4n) is 2.83. The van der Waals surface area contributed by atoms with E-state index in [0.717, 1.165) is 17.5 Å². The van der Waals surface area contributed by atoms with Gasteiger partial charge in [0.1, 0.15) is 0 Å². The molecule has 4 N–H and O–H groups in total. The smallest absolute Gasteiger partial charge is 0.0663 e. The van der Waals surface area contributed by atoms with Gasteiger partial charge in [0.25, 0.3) is 0 Å². The summed E-state index contributed by atoms with van der Waals surface area (Å²) in [5.41, 5.74) is 9.75. The average molecular weight is 327 g/mol. The number of hydrogen-bond donors (Lipinski definition) is 3. The third-order valence-corrected chi connectivity index (χ3v) is 4.50. The molecule has 0 atom stereocenters. The fourth-order valence-corrected chi connectivity index (χ4v) is 2.83. The van der Waals surface area contributed by atoms with Gasteiger partial charge in [-0.1, -0.05) is 68.3 Å². The first kappa shape index (κ1) is 18.7. The van der Waals surface area contributed by atoms with Crippen molar-refractivity contribution in [2.75, 3.05) is 13.2 Å². The Morgan fingerprint density at radius 2 is 1.29 bits per heavy atom. The monoisotopic (exact) mass is 327 g/mol. The van der Waals surface area contributed by atoms with E-state index in [1.807, 2.05) is 12.1 Å². The Kier molecular flexibility index (Phi) is 6.98. The molecule has 0 aliphatic rings. The van der Waals surface area contributed by atoms with Gasteiger partial charge in [0.2, 0.25) is 0 Å². The summed E-state index contributed by atoms with van der Waals surface area (Å²) < 4.78 is 0. The molecule has 0 aromatic heterocycles. The Balaban J connectivity index is 2.02. The Bertz CT molecular complexity index is 601. The summed E-state index contributed by atoms with van der Waals surface area (Å²) >= 11 is 0. The summed E-state index contributed by atoms with van der Waals surface area (Å²) in [6, 6.07) is 16.9. The topological polar surface area (TPSA) is 66.5 Å². The lowest BCUT2D eigenvalue weighted by Gasteiger charge is -2.24. The van der Waals surface area contributed by atoms with E-state index in [4.69, 9.17) is 5.73 Å². The maximum Gasteiger partial charge on any atom is 0.0663 e. The Morgan fingerprint density at radius 1 is 0.792 bits per heavy atom. The number of unbranched alkanes of at least 4 members (excludes halogenated alkanes) is 2. The Hall–Kier alpha value is -1.68. The number of hydrogen-bond acceptors (Lipinski definition) is 3. The van der Waals surface area contributed by atoms with E-state index < -0.39 is 5.54 Å². The van der Waals surface area contributed by atoms with Crippen LogP contribution in [0.2, 0.25) is 0 Å². The Morgan fingerprint density at radius 3 is 1.75 bits per heavy atom. The molecule has 0 spiro atoms. The highest BCUT2D eigenvalue weighted by Gasteiger charge is 2.23. The lowest BCUT2D eigenvalue weighted by atomic mass is 9.92. The minimum Gasteiger partial charge on any atom is -0.394 e. The molecule has 0 radical (unpaired) electrons. The lowest BCUT2D eigenvalue weighted by molar-refractivity contribution is 0.121. The van der Waals surface area contributed by atoms with Gasteiger partial charge in [0.05, 0.1) is 18.8 Å². The molecule has 0 aliphatic heterocycles. The van der Waals surface area contributed by atoms with Crippen LogP contribution in [-0.4, -0.2) is 29.0 Å². The SMILES string of the molecule is CCCCCc1ccc(-c2ccc(CC(N)(CO)CO)cc2)cc1. The molecule has 130 valence electrons. The van der Waals surface area contributed by atoms with Crippen molar-refractivity contribution in [2.24, 2.45) is 5.73 Å². The first-order valence-corrected chi connectivity index (χ1v) is 8.79. The highest BCUT2D eigenvalue weighted by Crippen LogP contribution is 2.22. The Labute approximate surface area is 145 Å². The van der Waals surface area contributed by atoms with Crippen molar-refractivity contribution in [2.45, 2.75) is 44.6 Å². The van der Waals surface area contributed by atoms with Gasteiger partial charge in [-0.2, -0.15) is 0 Å². The second-order valence-electron chi connectivity index (χ2n) is 6.71. The van der Waals surface area contributed by atoms with Crippen molar-refractivity contribution < 1.29 is 10.2 Å². The van der Waals surface area contributed by atoms with Gasteiger partial charge in [-0.15, -0.1) is 0 Å². The summed E-state index contributed by atoms with van der Waals surface area (Å²) in [7, 11) is 0. The zero-order valence-corrected chi connectivity index (χ0v) is 14.5. The molecule has 3 heteroatoms. The third-order valence-electron chi connectivity index (χ3n) is 4.50. The summed E-state index contributed by atoms with van der Waals surface area (Å²) in [6.07, 6.45) is 5.39. The summed E-state index contributed by atoms with van der Waals surface area (Å²) in [6.45, 7) is 1.76. The molecule has 0 amide bonds. The van der Waals surface area contributed by atoms with E-state index in [2.05, 4.69) is 43.3 Å². The first-order valence-electron chi connectivity index (χ1n) is 8.79. The average Bonchev–Trinajstić information content (AvgIpc) is 2.63. The van der Waals surface area contributed by atoms with Gasteiger partial charge in [0, 0.05) is 0 Å². The second-order valence-corrected chi connectivity index (χ2v) is 6.71. The largest absolute Gasteiger partial charge is 0.394 e. The maximum atomic E-state index is 9.30. The van der Waals surface area contributed by atoms with Gasteiger partial charge >= 0.3 is 0 Å². The number of aryl methyl sites for hydroxylation is 1. The van der Waals surface area contributed by atoms with Crippen molar-refractivity contribution in [3.8, 4) is 11.1 Å². The van der Waals surface area contributed by atoms with Gasteiger partial charge in [-0.05, 0) is 41.5 Å². The zero-order valence-electron chi connectivity index (χ0n) is 14.5.